The van der Waals surface area contributed by atoms with Gasteiger partial charge in [-0.1, -0.05) is 42.0 Å². The molecular formula is C24H28N4O4. The van der Waals surface area contributed by atoms with Gasteiger partial charge in [-0.25, -0.2) is 4.79 Å². The van der Waals surface area contributed by atoms with Crippen molar-refractivity contribution in [1.82, 2.24) is 15.1 Å². The van der Waals surface area contributed by atoms with Crippen molar-refractivity contribution in [3.8, 4) is 0 Å². The second-order valence-electron chi connectivity index (χ2n) is 8.45. The standard InChI is InChI=1S/C24H28N4O4/c1-17-3-7-19(8-4-17)24(2)22(30)28(23(31)26-24)16-21(29)25-20-9-5-18(6-10-20)15-27-11-13-32-14-12-27/h3-10H,11-16H2,1-2H3,(H,25,29)(H,26,31). The van der Waals surface area contributed by atoms with Gasteiger partial charge in [-0.15, -0.1) is 0 Å². The number of imide groups is 1. The number of benzene rings is 2. The molecule has 1 atom stereocenters. The third-order valence-corrected chi connectivity index (χ3v) is 5.95. The summed E-state index contributed by atoms with van der Waals surface area (Å²) in [6.45, 7) is 7.41. The molecule has 4 rings (SSSR count). The number of hydrogen-bond donors (Lipinski definition) is 2. The molecule has 0 spiro atoms. The van der Waals surface area contributed by atoms with Crippen LogP contribution in [0.2, 0.25) is 0 Å². The van der Waals surface area contributed by atoms with Crippen LogP contribution in [-0.4, -0.2) is 60.5 Å². The quantitative estimate of drug-likeness (QED) is 0.678. The molecular weight excluding hydrogens is 408 g/mol. The normalized spacial score (nSPS) is 21.5. The lowest BCUT2D eigenvalue weighted by molar-refractivity contribution is -0.133. The highest BCUT2D eigenvalue weighted by atomic mass is 16.5. The molecule has 168 valence electrons. The van der Waals surface area contributed by atoms with E-state index >= 15 is 0 Å². The zero-order chi connectivity index (χ0) is 22.7. The Balaban J connectivity index is 1.35. The summed E-state index contributed by atoms with van der Waals surface area (Å²) in [5.74, 6) is -0.870. The molecule has 1 unspecified atom stereocenters. The van der Waals surface area contributed by atoms with Gasteiger partial charge in [0.15, 0.2) is 0 Å². The Labute approximate surface area is 187 Å². The van der Waals surface area contributed by atoms with Crippen LogP contribution in [0.5, 0.6) is 0 Å². The summed E-state index contributed by atoms with van der Waals surface area (Å²) in [5, 5.41) is 5.49. The highest BCUT2D eigenvalue weighted by Crippen LogP contribution is 2.29. The molecule has 0 aromatic heterocycles. The molecule has 8 nitrogen and oxygen atoms in total. The van der Waals surface area contributed by atoms with E-state index in [-0.39, 0.29) is 6.54 Å². The number of rotatable bonds is 6. The van der Waals surface area contributed by atoms with Crippen LogP contribution in [0.3, 0.4) is 0 Å². The molecule has 2 aromatic rings. The first-order chi connectivity index (χ1) is 15.3. The minimum Gasteiger partial charge on any atom is -0.379 e. The van der Waals surface area contributed by atoms with E-state index in [1.54, 1.807) is 6.92 Å². The number of nitrogens with zero attached hydrogens (tertiary/aromatic N) is 2. The number of amides is 4. The molecule has 2 fully saturated rings. The fraction of sp³-hybridized carbons (Fsp3) is 0.375. The van der Waals surface area contributed by atoms with E-state index in [1.807, 2.05) is 55.5 Å². The van der Waals surface area contributed by atoms with Gasteiger partial charge in [0.25, 0.3) is 5.91 Å². The zero-order valence-electron chi connectivity index (χ0n) is 18.4. The molecule has 2 aliphatic heterocycles. The molecule has 4 amide bonds. The van der Waals surface area contributed by atoms with E-state index in [0.717, 1.165) is 48.9 Å². The molecule has 0 saturated carbocycles. The third kappa shape index (κ3) is 4.66. The van der Waals surface area contributed by atoms with Gasteiger partial charge in [0.05, 0.1) is 13.2 Å². The van der Waals surface area contributed by atoms with E-state index in [0.29, 0.717) is 11.3 Å². The third-order valence-electron chi connectivity index (χ3n) is 5.95. The summed E-state index contributed by atoms with van der Waals surface area (Å²) in [6.07, 6.45) is 0. The Hall–Kier alpha value is -3.23. The second-order valence-corrected chi connectivity index (χ2v) is 8.45. The van der Waals surface area contributed by atoms with Crippen molar-refractivity contribution < 1.29 is 19.1 Å². The van der Waals surface area contributed by atoms with Crippen LogP contribution in [0.4, 0.5) is 10.5 Å². The van der Waals surface area contributed by atoms with Gasteiger partial charge in [-0.2, -0.15) is 0 Å². The Kier molecular flexibility index (Phi) is 6.25. The minimum atomic E-state index is -1.19. The van der Waals surface area contributed by atoms with Gasteiger partial charge in [0.1, 0.15) is 12.1 Å². The van der Waals surface area contributed by atoms with Crippen LogP contribution < -0.4 is 10.6 Å². The first-order valence-electron chi connectivity index (χ1n) is 10.8. The number of urea groups is 1. The monoisotopic (exact) mass is 436 g/mol. The van der Waals surface area contributed by atoms with Gasteiger partial charge < -0.3 is 15.4 Å². The summed E-state index contributed by atoms with van der Waals surface area (Å²) in [6, 6.07) is 14.4. The van der Waals surface area contributed by atoms with Crippen LogP contribution >= 0.6 is 0 Å². The summed E-state index contributed by atoms with van der Waals surface area (Å²) < 4.78 is 5.37. The lowest BCUT2D eigenvalue weighted by atomic mass is 9.91. The molecule has 0 aliphatic carbocycles. The lowest BCUT2D eigenvalue weighted by Crippen LogP contribution is -2.42. The van der Waals surface area contributed by atoms with Crippen molar-refractivity contribution in [3.05, 3.63) is 65.2 Å². The van der Waals surface area contributed by atoms with Gasteiger partial charge in [-0.05, 0) is 37.1 Å². The maximum Gasteiger partial charge on any atom is 0.325 e. The topological polar surface area (TPSA) is 91.0 Å². The fourth-order valence-corrected chi connectivity index (χ4v) is 3.98. The van der Waals surface area contributed by atoms with Crippen molar-refractivity contribution in [3.63, 3.8) is 0 Å². The second kappa shape index (κ2) is 9.10. The van der Waals surface area contributed by atoms with Crippen molar-refractivity contribution in [2.24, 2.45) is 0 Å². The number of carbonyl (C=O) groups excluding carboxylic acids is 3. The molecule has 2 aliphatic rings. The zero-order valence-corrected chi connectivity index (χ0v) is 18.4. The number of ether oxygens (including phenoxy) is 1. The molecule has 8 heteroatoms. The van der Waals surface area contributed by atoms with Crippen LogP contribution in [0, 0.1) is 6.92 Å². The molecule has 2 aromatic carbocycles. The summed E-state index contributed by atoms with van der Waals surface area (Å²) in [7, 11) is 0. The van der Waals surface area contributed by atoms with E-state index in [9.17, 15) is 14.4 Å². The molecule has 0 radical (unpaired) electrons. The lowest BCUT2D eigenvalue weighted by Gasteiger charge is -2.26. The maximum absolute atomic E-state index is 13.0. The van der Waals surface area contributed by atoms with E-state index < -0.39 is 23.4 Å². The number of anilines is 1. The van der Waals surface area contributed by atoms with Crippen LogP contribution in [0.1, 0.15) is 23.6 Å². The summed E-state index contributed by atoms with van der Waals surface area (Å²) in [5.41, 5.74) is 2.31. The van der Waals surface area contributed by atoms with E-state index in [4.69, 9.17) is 4.74 Å². The van der Waals surface area contributed by atoms with Crippen LogP contribution in [0.15, 0.2) is 48.5 Å². The SMILES string of the molecule is Cc1ccc(C2(C)NC(=O)N(CC(=O)Nc3ccc(CN4CCOCC4)cc3)C2=O)cc1. The van der Waals surface area contributed by atoms with Gasteiger partial charge >= 0.3 is 6.03 Å². The first kappa shape index (κ1) is 22.0. The Morgan fingerprint density at radius 2 is 1.72 bits per heavy atom. The number of aryl methyl sites for hydroxylation is 1. The smallest absolute Gasteiger partial charge is 0.325 e. The molecule has 32 heavy (non-hydrogen) atoms. The highest BCUT2D eigenvalue weighted by Gasteiger charge is 2.49. The van der Waals surface area contributed by atoms with Crippen molar-refractivity contribution >= 4 is 23.5 Å². The molecule has 2 saturated heterocycles. The van der Waals surface area contributed by atoms with Crippen LogP contribution in [-0.2, 0) is 26.4 Å². The average Bonchev–Trinajstić information content (AvgIpc) is 3.00. The van der Waals surface area contributed by atoms with Crippen molar-refractivity contribution in [2.45, 2.75) is 25.9 Å². The van der Waals surface area contributed by atoms with Crippen molar-refractivity contribution in [2.75, 3.05) is 38.2 Å². The highest BCUT2D eigenvalue weighted by molar-refractivity contribution is 6.10. The largest absolute Gasteiger partial charge is 0.379 e. The predicted octanol–water partition coefficient (Wildman–Crippen LogP) is 2.23. The van der Waals surface area contributed by atoms with Gasteiger partial charge in [0, 0.05) is 25.3 Å². The predicted molar refractivity (Wildman–Crippen MR) is 120 cm³/mol. The van der Waals surface area contributed by atoms with Crippen LogP contribution in [0.25, 0.3) is 0 Å². The average molecular weight is 437 g/mol. The first-order valence-corrected chi connectivity index (χ1v) is 10.8. The van der Waals surface area contributed by atoms with E-state index in [2.05, 4.69) is 15.5 Å². The maximum atomic E-state index is 13.0. The van der Waals surface area contributed by atoms with Gasteiger partial charge in [-0.3, -0.25) is 19.4 Å². The molecule has 2 N–H and O–H groups in total. The number of hydrogen-bond acceptors (Lipinski definition) is 5. The Morgan fingerprint density at radius 1 is 1.06 bits per heavy atom. The number of nitrogens with one attached hydrogen (secondary N) is 2. The number of morpholine rings is 1. The fourth-order valence-electron chi connectivity index (χ4n) is 3.98. The Morgan fingerprint density at radius 3 is 2.38 bits per heavy atom. The molecule has 0 bridgehead atoms. The Bertz CT molecular complexity index is 1000. The van der Waals surface area contributed by atoms with Crippen molar-refractivity contribution in [1.29, 1.82) is 0 Å². The summed E-state index contributed by atoms with van der Waals surface area (Å²) in [4.78, 5) is 41.3. The minimum absolute atomic E-state index is 0.346. The summed E-state index contributed by atoms with van der Waals surface area (Å²) >= 11 is 0. The number of carbonyl (C=O) groups is 3. The molecule has 2 heterocycles. The van der Waals surface area contributed by atoms with Gasteiger partial charge in [0.2, 0.25) is 5.91 Å². The van der Waals surface area contributed by atoms with E-state index in [1.165, 1.54) is 0 Å².